The predicted molar refractivity (Wildman–Crippen MR) is 101 cm³/mol. The molecule has 1 unspecified atom stereocenters. The van der Waals surface area contributed by atoms with Crippen LogP contribution in [0.15, 0.2) is 29.2 Å². The van der Waals surface area contributed by atoms with Crippen molar-refractivity contribution in [1.29, 1.82) is 0 Å². The highest BCUT2D eigenvalue weighted by Crippen LogP contribution is 2.30. The van der Waals surface area contributed by atoms with Crippen molar-refractivity contribution in [3.05, 3.63) is 30.1 Å². The van der Waals surface area contributed by atoms with Gasteiger partial charge in [0.05, 0.1) is 4.90 Å². The van der Waals surface area contributed by atoms with E-state index in [1.165, 1.54) is 0 Å². The molecule has 0 bridgehead atoms. The highest BCUT2D eigenvalue weighted by Gasteiger charge is 2.48. The van der Waals surface area contributed by atoms with E-state index in [1.807, 2.05) is 0 Å². The van der Waals surface area contributed by atoms with Gasteiger partial charge in [0.1, 0.15) is 11.4 Å². The van der Waals surface area contributed by atoms with Gasteiger partial charge in [0, 0.05) is 26.1 Å². The summed E-state index contributed by atoms with van der Waals surface area (Å²) in [6, 6.07) is 3.91. The van der Waals surface area contributed by atoms with Gasteiger partial charge >= 0.3 is 6.03 Å². The van der Waals surface area contributed by atoms with Gasteiger partial charge in [-0.3, -0.25) is 14.9 Å². The molecule has 29 heavy (non-hydrogen) atoms. The first-order chi connectivity index (χ1) is 13.6. The number of nitrogens with zero attached hydrogens (tertiary/aromatic N) is 1. The van der Waals surface area contributed by atoms with E-state index in [4.69, 9.17) is 0 Å². The summed E-state index contributed by atoms with van der Waals surface area (Å²) in [6.07, 6.45) is 1.09. The minimum atomic E-state index is -3.81. The Balaban J connectivity index is 1.47. The van der Waals surface area contributed by atoms with E-state index < -0.39 is 27.4 Å². The Kier molecular flexibility index (Phi) is 5.90. The summed E-state index contributed by atoms with van der Waals surface area (Å²) in [7, 11) is -3.81. The largest absolute Gasteiger partial charge is 0.343 e. The number of benzene rings is 1. The van der Waals surface area contributed by atoms with Gasteiger partial charge in [0.25, 0.3) is 5.91 Å². The molecule has 0 saturated carbocycles. The number of amides is 4. The van der Waals surface area contributed by atoms with Crippen LogP contribution in [0.25, 0.3) is 0 Å². The summed E-state index contributed by atoms with van der Waals surface area (Å²) in [5.74, 6) is -1.18. The molecule has 3 N–H and O–H groups in total. The Hall–Kier alpha value is -2.53. The zero-order chi connectivity index (χ0) is 21.2. The number of imide groups is 1. The van der Waals surface area contributed by atoms with E-state index in [0.29, 0.717) is 25.9 Å². The fourth-order valence-corrected chi connectivity index (χ4v) is 4.73. The van der Waals surface area contributed by atoms with Crippen molar-refractivity contribution >= 4 is 27.9 Å². The third-order valence-corrected chi connectivity index (χ3v) is 6.97. The van der Waals surface area contributed by atoms with E-state index in [-0.39, 0.29) is 35.6 Å². The molecule has 2 saturated heterocycles. The van der Waals surface area contributed by atoms with Crippen molar-refractivity contribution < 1.29 is 27.2 Å². The van der Waals surface area contributed by atoms with Crippen molar-refractivity contribution in [2.45, 2.75) is 36.6 Å². The maximum Gasteiger partial charge on any atom is 0.322 e. The summed E-state index contributed by atoms with van der Waals surface area (Å²) >= 11 is 0. The average molecular weight is 426 g/mol. The molecule has 2 aliphatic heterocycles. The first-order valence-electron chi connectivity index (χ1n) is 9.28. The van der Waals surface area contributed by atoms with Crippen LogP contribution in [0.5, 0.6) is 0 Å². The van der Waals surface area contributed by atoms with Gasteiger partial charge in [-0.2, -0.15) is 0 Å². The number of likely N-dealkylation sites (tertiary alicyclic amines) is 1. The SMILES string of the molecule is CC1(C2CCN(C(=O)CCNS(=O)(=O)c3ccc(F)cc3)CC2)NC(=O)NC1=O. The summed E-state index contributed by atoms with van der Waals surface area (Å²) < 4.78 is 39.6. The average Bonchev–Trinajstić information content (AvgIpc) is 2.94. The van der Waals surface area contributed by atoms with Gasteiger partial charge in [-0.05, 0) is 49.9 Å². The molecule has 1 atom stereocenters. The van der Waals surface area contributed by atoms with Gasteiger partial charge < -0.3 is 10.2 Å². The zero-order valence-electron chi connectivity index (χ0n) is 15.9. The zero-order valence-corrected chi connectivity index (χ0v) is 16.7. The Morgan fingerprint density at radius 2 is 1.86 bits per heavy atom. The Bertz CT molecular complexity index is 913. The molecule has 0 spiro atoms. The molecule has 9 nitrogen and oxygen atoms in total. The molecule has 3 rings (SSSR count). The molecular weight excluding hydrogens is 403 g/mol. The van der Waals surface area contributed by atoms with Crippen LogP contribution in [0.1, 0.15) is 26.2 Å². The number of carbonyl (C=O) groups is 3. The Labute approximate surface area is 168 Å². The number of hydrogen-bond acceptors (Lipinski definition) is 5. The normalized spacial score (nSPS) is 23.0. The fourth-order valence-electron chi connectivity index (χ4n) is 3.70. The molecule has 2 heterocycles. The quantitative estimate of drug-likeness (QED) is 0.566. The van der Waals surface area contributed by atoms with Crippen LogP contribution in [0.3, 0.4) is 0 Å². The number of piperidine rings is 1. The molecule has 11 heteroatoms. The van der Waals surface area contributed by atoms with Gasteiger partial charge in [0.2, 0.25) is 15.9 Å². The number of rotatable bonds is 6. The lowest BCUT2D eigenvalue weighted by Crippen LogP contribution is -2.54. The topological polar surface area (TPSA) is 125 Å². The van der Waals surface area contributed by atoms with Crippen molar-refractivity contribution in [1.82, 2.24) is 20.3 Å². The maximum absolute atomic E-state index is 12.9. The monoisotopic (exact) mass is 426 g/mol. The Morgan fingerprint density at radius 1 is 1.24 bits per heavy atom. The summed E-state index contributed by atoms with van der Waals surface area (Å²) in [5.41, 5.74) is -0.975. The number of urea groups is 1. The number of hydrogen-bond donors (Lipinski definition) is 3. The van der Waals surface area contributed by atoms with Crippen LogP contribution in [-0.2, 0) is 19.6 Å². The third kappa shape index (κ3) is 4.56. The molecule has 0 aromatic heterocycles. The number of nitrogens with one attached hydrogen (secondary N) is 3. The molecule has 0 radical (unpaired) electrons. The lowest BCUT2D eigenvalue weighted by atomic mass is 9.79. The highest BCUT2D eigenvalue weighted by atomic mass is 32.2. The molecule has 4 amide bonds. The lowest BCUT2D eigenvalue weighted by Gasteiger charge is -2.38. The smallest absolute Gasteiger partial charge is 0.322 e. The molecule has 2 fully saturated rings. The Morgan fingerprint density at radius 3 is 2.41 bits per heavy atom. The maximum atomic E-state index is 12.9. The molecule has 2 aliphatic rings. The molecular formula is C18H23FN4O5S. The standard InChI is InChI=1S/C18H23FN4O5S/c1-18(16(25)21-17(26)22-18)12-7-10-23(11-8-12)15(24)6-9-20-29(27,28)14-4-2-13(19)3-5-14/h2-5,12,20H,6-11H2,1H3,(H2,21,22,25,26). The minimum Gasteiger partial charge on any atom is -0.343 e. The fraction of sp³-hybridized carbons (Fsp3) is 0.500. The predicted octanol–water partition coefficient (Wildman–Crippen LogP) is 0.331. The van der Waals surface area contributed by atoms with Crippen molar-refractivity contribution in [2.24, 2.45) is 5.92 Å². The van der Waals surface area contributed by atoms with Crippen LogP contribution in [0.2, 0.25) is 0 Å². The highest BCUT2D eigenvalue weighted by molar-refractivity contribution is 7.89. The number of carbonyl (C=O) groups excluding carboxylic acids is 3. The second-order valence-electron chi connectivity index (χ2n) is 7.37. The second kappa shape index (κ2) is 8.07. The molecule has 1 aromatic rings. The van der Waals surface area contributed by atoms with E-state index in [1.54, 1.807) is 11.8 Å². The van der Waals surface area contributed by atoms with Crippen LogP contribution in [-0.4, -0.2) is 56.3 Å². The number of halogens is 1. The third-order valence-electron chi connectivity index (χ3n) is 5.49. The van der Waals surface area contributed by atoms with Crippen LogP contribution >= 0.6 is 0 Å². The van der Waals surface area contributed by atoms with E-state index >= 15 is 0 Å². The van der Waals surface area contributed by atoms with Crippen molar-refractivity contribution in [3.8, 4) is 0 Å². The van der Waals surface area contributed by atoms with Crippen molar-refractivity contribution in [3.63, 3.8) is 0 Å². The van der Waals surface area contributed by atoms with E-state index in [9.17, 15) is 27.2 Å². The van der Waals surface area contributed by atoms with Gasteiger partial charge in [-0.15, -0.1) is 0 Å². The number of sulfonamides is 1. The summed E-state index contributed by atoms with van der Waals surface area (Å²) in [4.78, 5) is 37.4. The minimum absolute atomic E-state index is 0.0143. The first kappa shape index (κ1) is 21.2. The molecule has 1 aromatic carbocycles. The van der Waals surface area contributed by atoms with Crippen molar-refractivity contribution in [2.75, 3.05) is 19.6 Å². The van der Waals surface area contributed by atoms with Gasteiger partial charge in [-0.25, -0.2) is 22.3 Å². The lowest BCUT2D eigenvalue weighted by molar-refractivity contribution is -0.133. The van der Waals surface area contributed by atoms with E-state index in [0.717, 1.165) is 24.3 Å². The first-order valence-corrected chi connectivity index (χ1v) is 10.8. The second-order valence-corrected chi connectivity index (χ2v) is 9.13. The van der Waals surface area contributed by atoms with Crippen LogP contribution in [0.4, 0.5) is 9.18 Å². The van der Waals surface area contributed by atoms with E-state index in [2.05, 4.69) is 15.4 Å². The summed E-state index contributed by atoms with van der Waals surface area (Å²) in [6.45, 7) is 2.45. The summed E-state index contributed by atoms with van der Waals surface area (Å²) in [5, 5.41) is 4.90. The van der Waals surface area contributed by atoms with Gasteiger partial charge in [-0.1, -0.05) is 0 Å². The molecule has 0 aliphatic carbocycles. The van der Waals surface area contributed by atoms with Crippen LogP contribution < -0.4 is 15.4 Å². The van der Waals surface area contributed by atoms with Gasteiger partial charge in [0.15, 0.2) is 0 Å². The van der Waals surface area contributed by atoms with Crippen LogP contribution in [0, 0.1) is 11.7 Å². The molecule has 158 valence electrons.